The number of allylic oxidation sites excluding steroid dienone is 5. The highest BCUT2D eigenvalue weighted by molar-refractivity contribution is 7.91. The van der Waals surface area contributed by atoms with Crippen molar-refractivity contribution in [2.24, 2.45) is 35.3 Å². The molecule has 36 nitrogen and oxygen atoms in total. The van der Waals surface area contributed by atoms with Crippen LogP contribution in [0.25, 0.3) is 11.1 Å². The van der Waals surface area contributed by atoms with Crippen LogP contribution in [0.2, 0.25) is 0 Å². The maximum absolute atomic E-state index is 14.8. The van der Waals surface area contributed by atoms with Crippen LogP contribution in [0.15, 0.2) is 132 Å². The summed E-state index contributed by atoms with van der Waals surface area (Å²) in [6.07, 6.45) is 13.8. The summed E-state index contributed by atoms with van der Waals surface area (Å²) in [5.74, 6) is -7.79. The number of piperazine rings is 2. The molecule has 5 fully saturated rings. The van der Waals surface area contributed by atoms with E-state index in [4.69, 9.17) is 44.6 Å². The Morgan fingerprint density at radius 1 is 0.701 bits per heavy atom. The minimum atomic E-state index is -3.86. The molecule has 2 aromatic carbocycles. The quantitative estimate of drug-likeness (QED) is 0.0148. The van der Waals surface area contributed by atoms with Gasteiger partial charge in [-0.2, -0.15) is 0 Å². The zero-order valence-corrected chi connectivity index (χ0v) is 79.1. The number of methoxy groups -OCH3 is 2. The lowest BCUT2D eigenvalue weighted by atomic mass is 9.80. The van der Waals surface area contributed by atoms with Gasteiger partial charge in [0.2, 0.25) is 23.6 Å². The van der Waals surface area contributed by atoms with Crippen molar-refractivity contribution in [3.05, 3.63) is 155 Å². The van der Waals surface area contributed by atoms with Gasteiger partial charge in [0.1, 0.15) is 48.6 Å². The van der Waals surface area contributed by atoms with E-state index >= 15 is 0 Å². The zero-order chi connectivity index (χ0) is 96.1. The fourth-order valence-electron chi connectivity index (χ4n) is 18.5. The molecule has 12 rings (SSSR count). The lowest BCUT2D eigenvalue weighted by Crippen LogP contribution is -2.61. The van der Waals surface area contributed by atoms with E-state index in [0.717, 1.165) is 27.2 Å². The number of hydrogen-bond acceptors (Lipinski definition) is 31. The first-order valence-corrected chi connectivity index (χ1v) is 48.4. The van der Waals surface area contributed by atoms with Crippen LogP contribution in [-0.4, -0.2) is 306 Å². The molecule has 9 heterocycles. The van der Waals surface area contributed by atoms with Crippen molar-refractivity contribution in [1.82, 2.24) is 55.2 Å². The number of esters is 1. The largest absolute Gasteiger partial charge is 0.491 e. The number of piperidine rings is 1. The van der Waals surface area contributed by atoms with E-state index < -0.39 is 130 Å². The van der Waals surface area contributed by atoms with Crippen LogP contribution in [0.5, 0.6) is 5.75 Å². The molecule has 0 unspecified atom stereocenters. The number of carbonyl (C=O) groups is 8. The molecule has 5 aromatic rings. The second-order valence-electron chi connectivity index (χ2n) is 36.6. The second-order valence-corrected chi connectivity index (χ2v) is 38.8. The molecule has 10 N–H and O–H groups in total. The van der Waals surface area contributed by atoms with Crippen LogP contribution in [-0.2, 0) is 75.3 Å². The number of aryl methyl sites for hydroxylation is 1. The first-order valence-electron chi connectivity index (χ1n) is 46.8. The van der Waals surface area contributed by atoms with E-state index in [0.29, 0.717) is 164 Å². The number of rotatable bonds is 23. The number of cyclic esters (lactones) is 1. The van der Waals surface area contributed by atoms with Gasteiger partial charge in [-0.05, 0) is 162 Å². The first-order chi connectivity index (χ1) is 64.2. The van der Waals surface area contributed by atoms with Crippen LogP contribution in [0.4, 0.5) is 22.5 Å². The number of pyridine rings is 1. The number of hydrogen-bond donors (Lipinski definition) is 8. The van der Waals surface area contributed by atoms with E-state index in [9.17, 15) is 67.2 Å². The molecule has 2 bridgehead atoms. The minimum absolute atomic E-state index is 0.00266. The van der Waals surface area contributed by atoms with Crippen LogP contribution in [0, 0.1) is 36.5 Å². The Balaban J connectivity index is 0.545. The summed E-state index contributed by atoms with van der Waals surface area (Å²) in [6, 6.07) is 11.6. The van der Waals surface area contributed by atoms with Crippen molar-refractivity contribution in [3.8, 4) is 16.9 Å². The third-order valence-corrected chi connectivity index (χ3v) is 28.6. The van der Waals surface area contributed by atoms with Crippen LogP contribution in [0.1, 0.15) is 162 Å². The monoisotopic (exact) mass is 1880 g/mol. The molecule has 728 valence electrons. The number of aromatic nitrogens is 5. The van der Waals surface area contributed by atoms with Gasteiger partial charge in [0.05, 0.1) is 66.8 Å². The fourth-order valence-corrected chi connectivity index (χ4v) is 19.7. The van der Waals surface area contributed by atoms with Gasteiger partial charge in [-0.15, -0.1) is 0 Å². The summed E-state index contributed by atoms with van der Waals surface area (Å²) in [4.78, 5) is 145. The van der Waals surface area contributed by atoms with E-state index in [2.05, 4.69) is 40.5 Å². The predicted octanol–water partition coefficient (Wildman–Crippen LogP) is 6.59. The average Bonchev–Trinajstić information content (AvgIpc) is 0.814. The number of Topliss-reactive ketones (excluding diaryl/α,β-unsaturated/α-hetero) is 2. The molecule has 4 saturated heterocycles. The summed E-state index contributed by atoms with van der Waals surface area (Å²) in [5.41, 5.74) is 18.2. The number of nitrogens with one attached hydrogen (secondary N) is 2. The van der Waals surface area contributed by atoms with Crippen molar-refractivity contribution in [3.63, 3.8) is 0 Å². The zero-order valence-electron chi connectivity index (χ0n) is 78.3. The number of ketones is 2. The number of alkyl carbamates (subject to hydrolysis) is 1. The topological polar surface area (TPSA) is 476 Å². The van der Waals surface area contributed by atoms with Crippen molar-refractivity contribution in [1.29, 1.82) is 0 Å². The highest BCUT2D eigenvalue weighted by Gasteiger charge is 2.53. The third-order valence-electron chi connectivity index (χ3n) is 26.9. The van der Waals surface area contributed by atoms with Gasteiger partial charge in [0.25, 0.3) is 23.5 Å². The van der Waals surface area contributed by atoms with Gasteiger partial charge in [-0.3, -0.25) is 33.7 Å². The van der Waals surface area contributed by atoms with Crippen molar-refractivity contribution in [2.75, 3.05) is 134 Å². The molecule has 0 radical (unpaired) electrons. The SMILES string of the molecule is CO[C@H]1C[C@@H]2CC[C@@H](C)[C@@](O)(O2)C(=O)C(=O)N2CCCC[C@H]2C(=O)O[C@H]([C@H](N)C[C@@H]2CC[C@@H](OC(=O)NCc3cnc(N4CCN(C(=O)CCOCCN5CCN(c6ncc(C(=O)NCCS(=O)(=O)c7ccc(C(=O)N8CCOc9ccc(-c%10ccc(N)nc%10)cc9C8)c(C)c7)cn6)CC5)CC4)nc3)[C@H](OC)C2)C[C@@H](O)[C@H](C)/C=C(\C)[C@@H](O)[C@@H](O)C(=O)[C@H](C)C[C@H](C)/C=C/C=CC=C1C. The lowest BCUT2D eigenvalue weighted by Gasteiger charge is -2.42. The summed E-state index contributed by atoms with van der Waals surface area (Å²) in [6.45, 7) is 18.8. The van der Waals surface area contributed by atoms with Gasteiger partial charge >= 0.3 is 12.1 Å². The average molecular weight is 1880 g/mol. The number of nitrogens with zero attached hydrogens (tertiary/aromatic N) is 11. The number of carbonyl (C=O) groups excluding carboxylic acids is 8. The molecular formula is C97H133N15O21S. The normalized spacial score (nSPS) is 27.6. The summed E-state index contributed by atoms with van der Waals surface area (Å²) < 4.78 is 69.3. The maximum Gasteiger partial charge on any atom is 0.407 e. The number of nitrogen functional groups attached to an aromatic ring is 1. The molecular weight excluding hydrogens is 1740 g/mol. The molecule has 1 aliphatic carbocycles. The predicted molar refractivity (Wildman–Crippen MR) is 498 cm³/mol. The molecule has 0 spiro atoms. The van der Waals surface area contributed by atoms with Crippen molar-refractivity contribution >= 4 is 74.8 Å². The van der Waals surface area contributed by atoms with Crippen LogP contribution < -0.4 is 36.6 Å². The number of ether oxygens (including phenoxy) is 7. The van der Waals surface area contributed by atoms with Gasteiger partial charge in [-0.1, -0.05) is 70.2 Å². The van der Waals surface area contributed by atoms with Crippen LogP contribution >= 0.6 is 0 Å². The van der Waals surface area contributed by atoms with E-state index in [1.807, 2.05) is 78.3 Å². The number of anilines is 3. The lowest BCUT2D eigenvalue weighted by molar-refractivity contribution is -0.265. The Morgan fingerprint density at radius 3 is 2.12 bits per heavy atom. The van der Waals surface area contributed by atoms with Crippen LogP contribution in [0.3, 0.4) is 0 Å². The number of nitrogens with two attached hydrogens (primary N) is 2. The molecule has 7 aliphatic rings. The number of benzene rings is 2. The van der Waals surface area contributed by atoms with Gasteiger partial charge in [0.15, 0.2) is 15.6 Å². The third kappa shape index (κ3) is 27.0. The van der Waals surface area contributed by atoms with Gasteiger partial charge < -0.3 is 100 Å². The van der Waals surface area contributed by atoms with Gasteiger partial charge in [-0.25, -0.2) is 42.9 Å². The van der Waals surface area contributed by atoms with E-state index in [1.54, 1.807) is 82.3 Å². The molecule has 6 aliphatic heterocycles. The Hall–Kier alpha value is -10.6. The van der Waals surface area contributed by atoms with E-state index in [-0.39, 0.29) is 117 Å². The number of aliphatic hydroxyl groups is 4. The molecule has 5 amide bonds. The summed E-state index contributed by atoms with van der Waals surface area (Å²) >= 11 is 0. The second kappa shape index (κ2) is 47.7. The number of amides is 5. The molecule has 134 heavy (non-hydrogen) atoms. The fraction of sp³-hybridized carbons (Fsp3) is 0.577. The van der Waals surface area contributed by atoms with E-state index in [1.165, 1.54) is 37.7 Å². The number of sulfone groups is 1. The Labute approximate surface area is 783 Å². The smallest absolute Gasteiger partial charge is 0.407 e. The highest BCUT2D eigenvalue weighted by Crippen LogP contribution is 2.39. The van der Waals surface area contributed by atoms with Crippen molar-refractivity contribution in [2.45, 2.75) is 217 Å². The summed E-state index contributed by atoms with van der Waals surface area (Å²) in [5, 5.41) is 52.2. The summed E-state index contributed by atoms with van der Waals surface area (Å²) in [7, 11) is -0.798. The molecule has 3 aromatic heterocycles. The minimum Gasteiger partial charge on any atom is -0.491 e. The molecule has 16 atom stereocenters. The Kier molecular flexibility index (Phi) is 36.5. The maximum atomic E-state index is 14.8. The van der Waals surface area contributed by atoms with Gasteiger partial charge in [0, 0.05) is 189 Å². The highest BCUT2D eigenvalue weighted by atomic mass is 32.2. The molecule has 37 heteroatoms. The number of fused-ring (bicyclic) bond motifs is 4. The van der Waals surface area contributed by atoms with Crippen molar-refractivity contribution < 1.29 is 100 Å². The Bertz CT molecular complexity index is 5110. The molecule has 1 saturated carbocycles. The standard InChI is InChI=1S/C97H133N15O21S/c1-60-15-11-10-12-16-61(2)81(127-8)51-73-22-18-66(7)97(124,133-73)89(118)92(121)112-30-14-13-17-77(112)93(122)131-82(52-78(113)63(4)46-65(6)87(116)88(117)86(115)64(5)45-60)76(98)48-67-19-25-80(83(49-67)128-9)132-96(123)106-55-68-53-102-94(103-54-68)110-37-35-108(36-38-110)85(114)28-41-129-42-39-107-31-33-109(34-32-107)95-104-57-72(58-105-95)90(119)100-29-44-134(125,126)74-23-24-75(62(3)47-74)91(120)111-40-43-130-79-26-20-69(50-71(79)59-111)70-21-27-84(99)101-56-70/h10-12,15-16,20-21,23-24,26-27,46-47,50,53-54,56-58,60,63-64,66-67,73,76-78,80-83,87-88,113,116-117,124H,13-14,17-19,22,25,28-45,48-49,51-52,55,59,98H2,1-9H3,(H2,99,101)(H,100,119)(H,106,123)/b12-10?,15-11+,61-16?,65-46+/t60-,63-,64-,66-,67+,73+,76-,77+,78-,80-,81+,82+,83-,87-,88+,97-/m1/s1. The Morgan fingerprint density at radius 2 is 1.42 bits per heavy atom. The number of aliphatic hydroxyl groups excluding tert-OH is 3. The first kappa shape index (κ1) is 102.